The summed E-state index contributed by atoms with van der Waals surface area (Å²) in [6.07, 6.45) is 3.12. The van der Waals surface area contributed by atoms with Crippen LogP contribution < -0.4 is 10.2 Å². The Kier molecular flexibility index (Phi) is 7.06. The molecule has 154 valence electrons. The largest absolute Gasteiger partial charge is 0.369 e. The predicted molar refractivity (Wildman–Crippen MR) is 117 cm³/mol. The number of sulfonamides is 1. The zero-order valence-electron chi connectivity index (χ0n) is 16.6. The van der Waals surface area contributed by atoms with Gasteiger partial charge in [-0.1, -0.05) is 42.5 Å². The minimum atomic E-state index is -3.39. The summed E-state index contributed by atoms with van der Waals surface area (Å²) >= 11 is 0. The van der Waals surface area contributed by atoms with Crippen molar-refractivity contribution in [3.05, 3.63) is 71.8 Å². The lowest BCUT2D eigenvalue weighted by Gasteiger charge is -2.35. The first-order chi connectivity index (χ1) is 13.9. The molecule has 1 N–H and O–H groups in total. The molecular formula is C22H27N3O3S. The van der Waals surface area contributed by atoms with Gasteiger partial charge in [0.1, 0.15) is 0 Å². The second kappa shape index (κ2) is 9.71. The van der Waals surface area contributed by atoms with Crippen molar-refractivity contribution in [3.63, 3.8) is 0 Å². The van der Waals surface area contributed by atoms with Crippen LogP contribution in [-0.4, -0.2) is 57.1 Å². The normalized spacial score (nSPS) is 15.6. The Morgan fingerprint density at radius 1 is 1.03 bits per heavy atom. The standard InChI is InChI=1S/C22H27N3O3S/c1-19-6-5-9-21(18-19)24-13-15-25(16-14-24)29(27,28)17-12-23-22(26)11-10-20-7-3-2-4-8-20/h2-11,18H,12-17H2,1H3,(H,23,26)/b11-10-. The van der Waals surface area contributed by atoms with Gasteiger partial charge in [-0.2, -0.15) is 4.31 Å². The molecular weight excluding hydrogens is 386 g/mol. The Morgan fingerprint density at radius 2 is 1.76 bits per heavy atom. The van der Waals surface area contributed by atoms with Crippen molar-refractivity contribution in [2.24, 2.45) is 0 Å². The smallest absolute Gasteiger partial charge is 0.244 e. The average Bonchev–Trinajstić information content (AvgIpc) is 2.73. The Hall–Kier alpha value is -2.64. The molecule has 2 aromatic rings. The lowest BCUT2D eigenvalue weighted by atomic mass is 10.2. The molecule has 0 spiro atoms. The van der Waals surface area contributed by atoms with E-state index in [2.05, 4.69) is 22.3 Å². The van der Waals surface area contributed by atoms with Gasteiger partial charge in [-0.25, -0.2) is 8.42 Å². The van der Waals surface area contributed by atoms with E-state index in [1.807, 2.05) is 49.4 Å². The van der Waals surface area contributed by atoms with Crippen LogP contribution in [0.25, 0.3) is 6.08 Å². The summed E-state index contributed by atoms with van der Waals surface area (Å²) < 4.78 is 26.7. The number of rotatable bonds is 7. The Morgan fingerprint density at radius 3 is 2.45 bits per heavy atom. The van der Waals surface area contributed by atoms with Crippen LogP contribution in [0.3, 0.4) is 0 Å². The molecule has 0 atom stereocenters. The van der Waals surface area contributed by atoms with Crippen molar-refractivity contribution < 1.29 is 13.2 Å². The molecule has 0 unspecified atom stereocenters. The number of benzene rings is 2. The fourth-order valence-electron chi connectivity index (χ4n) is 3.28. The summed E-state index contributed by atoms with van der Waals surface area (Å²) in [5.41, 5.74) is 3.23. The number of anilines is 1. The van der Waals surface area contributed by atoms with Gasteiger partial charge in [0.05, 0.1) is 5.75 Å². The number of hydrogen-bond donors (Lipinski definition) is 1. The summed E-state index contributed by atoms with van der Waals surface area (Å²) in [6.45, 7) is 4.38. The van der Waals surface area contributed by atoms with Gasteiger partial charge in [0.15, 0.2) is 0 Å². The van der Waals surface area contributed by atoms with Gasteiger partial charge in [0.25, 0.3) is 0 Å². The minimum Gasteiger partial charge on any atom is -0.369 e. The van der Waals surface area contributed by atoms with E-state index in [1.54, 1.807) is 6.08 Å². The number of carbonyl (C=O) groups excluding carboxylic acids is 1. The van der Waals surface area contributed by atoms with Crippen LogP contribution >= 0.6 is 0 Å². The molecule has 0 bridgehead atoms. The van der Waals surface area contributed by atoms with E-state index in [4.69, 9.17) is 0 Å². The molecule has 3 rings (SSSR count). The minimum absolute atomic E-state index is 0.0949. The molecule has 1 heterocycles. The number of hydrogen-bond acceptors (Lipinski definition) is 4. The van der Waals surface area contributed by atoms with Crippen LogP contribution in [0.1, 0.15) is 11.1 Å². The number of piperazine rings is 1. The molecule has 1 saturated heterocycles. The molecule has 0 radical (unpaired) electrons. The van der Waals surface area contributed by atoms with Crippen LogP contribution in [0.2, 0.25) is 0 Å². The Balaban J connectivity index is 1.44. The summed E-state index contributed by atoms with van der Waals surface area (Å²) in [7, 11) is -3.39. The highest BCUT2D eigenvalue weighted by molar-refractivity contribution is 7.89. The number of amides is 1. The lowest BCUT2D eigenvalue weighted by molar-refractivity contribution is -0.116. The zero-order chi connectivity index (χ0) is 20.7. The molecule has 0 aromatic heterocycles. The van der Waals surface area contributed by atoms with Crippen molar-refractivity contribution >= 4 is 27.7 Å². The van der Waals surface area contributed by atoms with Crippen molar-refractivity contribution in [2.45, 2.75) is 6.92 Å². The second-order valence-electron chi connectivity index (χ2n) is 7.08. The summed E-state index contributed by atoms with van der Waals surface area (Å²) in [4.78, 5) is 14.1. The highest BCUT2D eigenvalue weighted by Crippen LogP contribution is 2.18. The number of aryl methyl sites for hydroxylation is 1. The second-order valence-corrected chi connectivity index (χ2v) is 9.16. The number of nitrogens with one attached hydrogen (secondary N) is 1. The molecule has 0 saturated carbocycles. The predicted octanol–water partition coefficient (Wildman–Crippen LogP) is 2.28. The third-order valence-electron chi connectivity index (χ3n) is 4.88. The van der Waals surface area contributed by atoms with Gasteiger partial charge in [-0.3, -0.25) is 4.79 Å². The quantitative estimate of drug-likeness (QED) is 0.707. The maximum Gasteiger partial charge on any atom is 0.244 e. The van der Waals surface area contributed by atoms with E-state index < -0.39 is 10.0 Å². The van der Waals surface area contributed by atoms with Gasteiger partial charge in [-0.15, -0.1) is 0 Å². The summed E-state index contributed by atoms with van der Waals surface area (Å²) in [5, 5.41) is 2.65. The first-order valence-corrected chi connectivity index (χ1v) is 11.4. The molecule has 1 aliphatic heterocycles. The topological polar surface area (TPSA) is 69.7 Å². The molecule has 29 heavy (non-hydrogen) atoms. The monoisotopic (exact) mass is 413 g/mol. The van der Waals surface area contributed by atoms with Crippen LogP contribution in [0.5, 0.6) is 0 Å². The summed E-state index contributed by atoms with van der Waals surface area (Å²) in [5.74, 6) is -0.393. The maximum absolute atomic E-state index is 12.6. The number of carbonyl (C=O) groups is 1. The molecule has 2 aromatic carbocycles. The first-order valence-electron chi connectivity index (χ1n) is 9.74. The van der Waals surface area contributed by atoms with Crippen molar-refractivity contribution in [1.82, 2.24) is 9.62 Å². The fourth-order valence-corrected chi connectivity index (χ4v) is 4.61. The van der Waals surface area contributed by atoms with Gasteiger partial charge in [-0.05, 0) is 36.3 Å². The van der Waals surface area contributed by atoms with Gasteiger partial charge in [0, 0.05) is 44.5 Å². The van der Waals surface area contributed by atoms with Crippen molar-refractivity contribution in [3.8, 4) is 0 Å². The zero-order valence-corrected chi connectivity index (χ0v) is 17.4. The molecule has 7 heteroatoms. The van der Waals surface area contributed by atoms with E-state index in [0.29, 0.717) is 26.2 Å². The Bertz CT molecular complexity index is 950. The van der Waals surface area contributed by atoms with E-state index >= 15 is 0 Å². The first kappa shape index (κ1) is 21.1. The molecule has 0 aliphatic carbocycles. The third kappa shape index (κ3) is 6.17. The Labute approximate surface area is 172 Å². The highest BCUT2D eigenvalue weighted by Gasteiger charge is 2.26. The van der Waals surface area contributed by atoms with Crippen molar-refractivity contribution in [1.29, 1.82) is 0 Å². The third-order valence-corrected chi connectivity index (χ3v) is 6.76. The van der Waals surface area contributed by atoms with Crippen LogP contribution in [0, 0.1) is 6.92 Å². The van der Waals surface area contributed by atoms with Crippen LogP contribution in [0.15, 0.2) is 60.7 Å². The van der Waals surface area contributed by atoms with Gasteiger partial charge >= 0.3 is 0 Å². The SMILES string of the molecule is Cc1cccc(N2CCN(S(=O)(=O)CCNC(=O)/C=C\c3ccccc3)CC2)c1. The van der Waals surface area contributed by atoms with E-state index in [1.165, 1.54) is 15.9 Å². The number of nitrogens with zero attached hydrogens (tertiary/aromatic N) is 2. The van der Waals surface area contributed by atoms with E-state index in [-0.39, 0.29) is 18.2 Å². The van der Waals surface area contributed by atoms with E-state index in [9.17, 15) is 13.2 Å². The van der Waals surface area contributed by atoms with Crippen LogP contribution in [-0.2, 0) is 14.8 Å². The average molecular weight is 414 g/mol. The lowest BCUT2D eigenvalue weighted by Crippen LogP contribution is -2.50. The summed E-state index contributed by atoms with van der Waals surface area (Å²) in [6, 6.07) is 17.7. The van der Waals surface area contributed by atoms with Gasteiger partial charge < -0.3 is 10.2 Å². The maximum atomic E-state index is 12.6. The highest BCUT2D eigenvalue weighted by atomic mass is 32.2. The van der Waals surface area contributed by atoms with Gasteiger partial charge in [0.2, 0.25) is 15.9 Å². The molecule has 1 fully saturated rings. The fraction of sp³-hybridized carbons (Fsp3) is 0.318. The van der Waals surface area contributed by atoms with E-state index in [0.717, 1.165) is 11.3 Å². The molecule has 1 amide bonds. The molecule has 1 aliphatic rings. The van der Waals surface area contributed by atoms with Crippen LogP contribution in [0.4, 0.5) is 5.69 Å². The molecule has 6 nitrogen and oxygen atoms in total. The van der Waals surface area contributed by atoms with Crippen molar-refractivity contribution in [2.75, 3.05) is 43.4 Å².